The summed E-state index contributed by atoms with van der Waals surface area (Å²) in [6.07, 6.45) is 1.65. The van der Waals surface area contributed by atoms with E-state index in [9.17, 15) is 10.1 Å². The molecule has 1 fully saturated rings. The van der Waals surface area contributed by atoms with E-state index in [2.05, 4.69) is 24.8 Å². The SMILES string of the molecule is Cc1occc1SCC(=O)N1CCN(C(C#N)C(C)C)CC1. The monoisotopic (exact) mass is 321 g/mol. The maximum atomic E-state index is 12.3. The van der Waals surface area contributed by atoms with Gasteiger partial charge in [0.05, 0.1) is 18.1 Å². The number of rotatable bonds is 5. The van der Waals surface area contributed by atoms with Crippen molar-refractivity contribution in [2.75, 3.05) is 31.9 Å². The van der Waals surface area contributed by atoms with E-state index in [1.807, 2.05) is 17.9 Å². The molecule has 0 radical (unpaired) electrons. The first-order valence-electron chi connectivity index (χ1n) is 7.61. The summed E-state index contributed by atoms with van der Waals surface area (Å²) in [5.41, 5.74) is 0. The molecule has 2 rings (SSSR count). The van der Waals surface area contributed by atoms with Gasteiger partial charge >= 0.3 is 0 Å². The number of furan rings is 1. The van der Waals surface area contributed by atoms with Crippen molar-refractivity contribution < 1.29 is 9.21 Å². The average Bonchev–Trinajstić information content (AvgIpc) is 2.91. The van der Waals surface area contributed by atoms with Gasteiger partial charge in [-0.1, -0.05) is 13.8 Å². The third kappa shape index (κ3) is 4.05. The minimum Gasteiger partial charge on any atom is -0.468 e. The van der Waals surface area contributed by atoms with Gasteiger partial charge in [-0.3, -0.25) is 9.69 Å². The van der Waals surface area contributed by atoms with Crippen molar-refractivity contribution in [3.63, 3.8) is 0 Å². The number of nitrogens with zero attached hydrogens (tertiary/aromatic N) is 3. The van der Waals surface area contributed by atoms with Gasteiger partial charge in [-0.15, -0.1) is 11.8 Å². The number of thioether (sulfide) groups is 1. The molecule has 0 spiro atoms. The molecule has 0 aromatic carbocycles. The predicted octanol–water partition coefficient (Wildman–Crippen LogP) is 2.37. The Hall–Kier alpha value is -1.45. The minimum absolute atomic E-state index is 0.0554. The fourth-order valence-electron chi connectivity index (χ4n) is 2.66. The first kappa shape index (κ1) is 16.9. The molecular weight excluding hydrogens is 298 g/mol. The number of aryl methyl sites for hydroxylation is 1. The molecule has 0 saturated carbocycles. The molecule has 1 unspecified atom stereocenters. The Morgan fingerprint density at radius 3 is 2.59 bits per heavy atom. The van der Waals surface area contributed by atoms with Crippen LogP contribution in [0.5, 0.6) is 0 Å². The standard InChI is InChI=1S/C16H23N3O2S/c1-12(2)14(10-17)18-5-7-19(8-6-18)16(20)11-22-15-4-9-21-13(15)3/h4,9,12,14H,5-8,11H2,1-3H3. The maximum Gasteiger partial charge on any atom is 0.233 e. The highest BCUT2D eigenvalue weighted by Crippen LogP contribution is 2.23. The second kappa shape index (κ2) is 7.70. The topological polar surface area (TPSA) is 60.5 Å². The molecule has 1 aliphatic heterocycles. The molecule has 1 saturated heterocycles. The van der Waals surface area contributed by atoms with Crippen LogP contribution in [0, 0.1) is 24.2 Å². The van der Waals surface area contributed by atoms with Crippen molar-refractivity contribution in [1.82, 2.24) is 9.80 Å². The normalized spacial score (nSPS) is 17.5. The zero-order valence-electron chi connectivity index (χ0n) is 13.4. The average molecular weight is 321 g/mol. The van der Waals surface area contributed by atoms with Crippen LogP contribution in [0.15, 0.2) is 21.6 Å². The summed E-state index contributed by atoms with van der Waals surface area (Å²) < 4.78 is 5.23. The Labute approximate surface area is 136 Å². The van der Waals surface area contributed by atoms with E-state index in [1.54, 1.807) is 6.26 Å². The van der Waals surface area contributed by atoms with Gasteiger partial charge < -0.3 is 9.32 Å². The number of nitriles is 1. The third-order valence-corrected chi connectivity index (χ3v) is 5.11. The summed E-state index contributed by atoms with van der Waals surface area (Å²) in [7, 11) is 0. The zero-order valence-corrected chi connectivity index (χ0v) is 14.2. The molecule has 1 aromatic heterocycles. The molecular formula is C16H23N3O2S. The summed E-state index contributed by atoms with van der Waals surface area (Å²) >= 11 is 1.52. The van der Waals surface area contributed by atoms with Gasteiger partial charge in [0.2, 0.25) is 5.91 Å². The van der Waals surface area contributed by atoms with E-state index in [1.165, 1.54) is 11.8 Å². The van der Waals surface area contributed by atoms with Crippen molar-refractivity contribution in [3.05, 3.63) is 18.1 Å². The van der Waals surface area contributed by atoms with E-state index in [0.29, 0.717) is 24.8 Å². The van der Waals surface area contributed by atoms with Crippen molar-refractivity contribution in [2.24, 2.45) is 5.92 Å². The maximum absolute atomic E-state index is 12.3. The second-order valence-corrected chi connectivity index (χ2v) is 6.88. The smallest absolute Gasteiger partial charge is 0.233 e. The molecule has 2 heterocycles. The van der Waals surface area contributed by atoms with Crippen LogP contribution in [-0.2, 0) is 4.79 Å². The number of piperazine rings is 1. The Morgan fingerprint density at radius 2 is 2.09 bits per heavy atom. The first-order chi connectivity index (χ1) is 10.5. The molecule has 1 aliphatic rings. The fraction of sp³-hybridized carbons (Fsp3) is 0.625. The number of carbonyl (C=O) groups excluding carboxylic acids is 1. The first-order valence-corrected chi connectivity index (χ1v) is 8.59. The van der Waals surface area contributed by atoms with Crippen molar-refractivity contribution in [3.8, 4) is 6.07 Å². The van der Waals surface area contributed by atoms with Gasteiger partial charge in [-0.25, -0.2) is 0 Å². The summed E-state index contributed by atoms with van der Waals surface area (Å²) in [4.78, 5) is 17.4. The van der Waals surface area contributed by atoms with Crippen LogP contribution in [0.2, 0.25) is 0 Å². The fourth-order valence-corrected chi connectivity index (χ4v) is 3.52. The second-order valence-electron chi connectivity index (χ2n) is 5.86. The number of hydrogen-bond donors (Lipinski definition) is 0. The van der Waals surface area contributed by atoms with Crippen molar-refractivity contribution in [1.29, 1.82) is 5.26 Å². The highest BCUT2D eigenvalue weighted by Gasteiger charge is 2.27. The lowest BCUT2D eigenvalue weighted by Crippen LogP contribution is -2.53. The predicted molar refractivity (Wildman–Crippen MR) is 86.6 cm³/mol. The van der Waals surface area contributed by atoms with Crippen LogP contribution in [-0.4, -0.2) is 53.7 Å². The van der Waals surface area contributed by atoms with E-state index < -0.39 is 0 Å². The zero-order chi connectivity index (χ0) is 16.1. The number of hydrogen-bond acceptors (Lipinski definition) is 5. The highest BCUT2D eigenvalue weighted by molar-refractivity contribution is 8.00. The van der Waals surface area contributed by atoms with Gasteiger partial charge in [0.1, 0.15) is 11.8 Å². The summed E-state index contributed by atoms with van der Waals surface area (Å²) in [6.45, 7) is 8.99. The molecule has 22 heavy (non-hydrogen) atoms. The van der Waals surface area contributed by atoms with Crippen molar-refractivity contribution >= 4 is 17.7 Å². The largest absolute Gasteiger partial charge is 0.468 e. The summed E-state index contributed by atoms with van der Waals surface area (Å²) in [5, 5.41) is 9.26. The lowest BCUT2D eigenvalue weighted by molar-refractivity contribution is -0.130. The number of amides is 1. The Morgan fingerprint density at radius 1 is 1.41 bits per heavy atom. The van der Waals surface area contributed by atoms with Gasteiger partial charge in [0.25, 0.3) is 0 Å². The van der Waals surface area contributed by atoms with E-state index in [4.69, 9.17) is 4.42 Å². The molecule has 120 valence electrons. The molecule has 6 heteroatoms. The summed E-state index contributed by atoms with van der Waals surface area (Å²) in [5.74, 6) is 1.76. The Bertz CT molecular complexity index is 542. The molecule has 1 atom stereocenters. The molecule has 1 amide bonds. The molecule has 0 N–H and O–H groups in total. The van der Waals surface area contributed by atoms with Crippen LogP contribution < -0.4 is 0 Å². The van der Waals surface area contributed by atoms with Gasteiger partial charge in [-0.2, -0.15) is 5.26 Å². The quantitative estimate of drug-likeness (QED) is 0.779. The third-order valence-electron chi connectivity index (χ3n) is 3.99. The lowest BCUT2D eigenvalue weighted by Gasteiger charge is -2.38. The van der Waals surface area contributed by atoms with Crippen LogP contribution in [0.1, 0.15) is 19.6 Å². The van der Waals surface area contributed by atoms with Gasteiger partial charge in [-0.05, 0) is 18.9 Å². The van der Waals surface area contributed by atoms with Crippen LogP contribution in [0.4, 0.5) is 0 Å². The molecule has 0 bridgehead atoms. The summed E-state index contributed by atoms with van der Waals surface area (Å²) in [6, 6.07) is 4.21. The Kier molecular flexibility index (Phi) is 5.92. The molecule has 1 aromatic rings. The lowest BCUT2D eigenvalue weighted by atomic mass is 10.0. The molecule has 5 nitrogen and oxygen atoms in total. The Balaban J connectivity index is 1.80. The van der Waals surface area contributed by atoms with Gasteiger partial charge in [0, 0.05) is 31.1 Å². The van der Waals surface area contributed by atoms with E-state index >= 15 is 0 Å². The van der Waals surface area contributed by atoms with Crippen LogP contribution >= 0.6 is 11.8 Å². The van der Waals surface area contributed by atoms with E-state index in [-0.39, 0.29) is 11.9 Å². The number of carbonyl (C=O) groups is 1. The van der Waals surface area contributed by atoms with Crippen LogP contribution in [0.3, 0.4) is 0 Å². The molecule has 0 aliphatic carbocycles. The minimum atomic E-state index is -0.0554. The van der Waals surface area contributed by atoms with Crippen molar-refractivity contribution in [2.45, 2.75) is 31.7 Å². The van der Waals surface area contributed by atoms with E-state index in [0.717, 1.165) is 23.7 Å². The van der Waals surface area contributed by atoms with Gasteiger partial charge in [0.15, 0.2) is 0 Å². The van der Waals surface area contributed by atoms with Crippen LogP contribution in [0.25, 0.3) is 0 Å². The highest BCUT2D eigenvalue weighted by atomic mass is 32.2.